The molecule has 1 amide bonds. The molecular formula is C17H16Cl2F2N2O3S. The highest BCUT2D eigenvalue weighted by Gasteiger charge is 2.20. The largest absolute Gasteiger partial charge is 0.324 e. The van der Waals surface area contributed by atoms with Crippen LogP contribution in [0.25, 0.3) is 0 Å². The van der Waals surface area contributed by atoms with Crippen LogP contribution in [0.1, 0.15) is 12.8 Å². The van der Waals surface area contributed by atoms with Crippen LogP contribution in [0.4, 0.5) is 20.2 Å². The predicted octanol–water partition coefficient (Wildman–Crippen LogP) is 4.46. The first kappa shape index (κ1) is 21.4. The molecule has 10 heteroatoms. The van der Waals surface area contributed by atoms with Gasteiger partial charge in [-0.15, -0.1) is 0 Å². The van der Waals surface area contributed by atoms with E-state index in [9.17, 15) is 22.0 Å². The van der Waals surface area contributed by atoms with Gasteiger partial charge in [-0.25, -0.2) is 17.2 Å². The Bertz CT molecular complexity index is 955. The maximum Gasteiger partial charge on any atom is 0.232 e. The summed E-state index contributed by atoms with van der Waals surface area (Å²) in [4.78, 5) is 12.0. The third kappa shape index (κ3) is 6.05. The number of nitrogens with one attached hydrogen (secondary N) is 1. The Hall–Kier alpha value is -1.90. The third-order valence-electron chi connectivity index (χ3n) is 3.55. The molecule has 0 saturated heterocycles. The molecule has 5 nitrogen and oxygen atoms in total. The quantitative estimate of drug-likeness (QED) is 0.696. The number of hydrogen-bond donors (Lipinski definition) is 1. The van der Waals surface area contributed by atoms with Gasteiger partial charge in [0.25, 0.3) is 0 Å². The predicted molar refractivity (Wildman–Crippen MR) is 103 cm³/mol. The molecule has 1 N–H and O–H groups in total. The maximum absolute atomic E-state index is 13.6. The van der Waals surface area contributed by atoms with Gasteiger partial charge in [-0.05, 0) is 36.8 Å². The van der Waals surface area contributed by atoms with E-state index >= 15 is 0 Å². The van der Waals surface area contributed by atoms with E-state index < -0.39 is 27.6 Å². The van der Waals surface area contributed by atoms with Gasteiger partial charge in [0.05, 0.1) is 22.7 Å². The number of rotatable bonds is 7. The molecule has 2 aromatic rings. The van der Waals surface area contributed by atoms with Gasteiger partial charge >= 0.3 is 0 Å². The molecule has 0 aliphatic heterocycles. The van der Waals surface area contributed by atoms with Gasteiger partial charge in [-0.2, -0.15) is 0 Å². The Morgan fingerprint density at radius 1 is 1.15 bits per heavy atom. The lowest BCUT2D eigenvalue weighted by molar-refractivity contribution is -0.116. The van der Waals surface area contributed by atoms with Crippen LogP contribution in [0.2, 0.25) is 10.0 Å². The molecule has 0 bridgehead atoms. The molecule has 2 aromatic carbocycles. The summed E-state index contributed by atoms with van der Waals surface area (Å²) in [5.41, 5.74) is 0.0518. The van der Waals surface area contributed by atoms with Gasteiger partial charge in [0.1, 0.15) is 11.6 Å². The van der Waals surface area contributed by atoms with Gasteiger partial charge in [0, 0.05) is 24.1 Å². The minimum Gasteiger partial charge on any atom is -0.324 e. The van der Waals surface area contributed by atoms with Crippen molar-refractivity contribution in [2.24, 2.45) is 0 Å². The van der Waals surface area contributed by atoms with Crippen LogP contribution < -0.4 is 9.62 Å². The molecule has 2 rings (SSSR count). The number of amides is 1. The average Bonchev–Trinajstić information content (AvgIpc) is 2.56. The number of benzene rings is 2. The van der Waals surface area contributed by atoms with Crippen molar-refractivity contribution >= 4 is 50.5 Å². The molecule has 0 unspecified atom stereocenters. The summed E-state index contributed by atoms with van der Waals surface area (Å²) in [6.07, 6.45) is 1.07. The van der Waals surface area contributed by atoms with E-state index in [2.05, 4.69) is 5.32 Å². The minimum absolute atomic E-state index is 0.0295. The maximum atomic E-state index is 13.6. The second-order valence-electron chi connectivity index (χ2n) is 5.71. The number of hydrogen-bond acceptors (Lipinski definition) is 3. The lowest BCUT2D eigenvalue weighted by atomic mass is 10.2. The van der Waals surface area contributed by atoms with Crippen molar-refractivity contribution in [3.8, 4) is 0 Å². The van der Waals surface area contributed by atoms with E-state index in [0.717, 1.165) is 22.7 Å². The fraction of sp³-hybridized carbons (Fsp3) is 0.235. The van der Waals surface area contributed by atoms with Gasteiger partial charge in [-0.1, -0.05) is 23.2 Å². The molecule has 0 aliphatic rings. The number of nitrogens with zero attached hydrogens (tertiary/aromatic N) is 1. The van der Waals surface area contributed by atoms with E-state index in [1.165, 1.54) is 18.2 Å². The van der Waals surface area contributed by atoms with Crippen LogP contribution in [0.15, 0.2) is 36.4 Å². The van der Waals surface area contributed by atoms with Gasteiger partial charge in [0.2, 0.25) is 15.9 Å². The number of anilines is 2. The Labute approximate surface area is 165 Å². The van der Waals surface area contributed by atoms with Crippen molar-refractivity contribution < 1.29 is 22.0 Å². The Balaban J connectivity index is 2.03. The van der Waals surface area contributed by atoms with Crippen LogP contribution in [0, 0.1) is 11.6 Å². The zero-order chi connectivity index (χ0) is 20.2. The second-order valence-corrected chi connectivity index (χ2v) is 8.46. The van der Waals surface area contributed by atoms with Crippen LogP contribution in [0.5, 0.6) is 0 Å². The van der Waals surface area contributed by atoms with Crippen LogP contribution in [-0.2, 0) is 14.8 Å². The van der Waals surface area contributed by atoms with Gasteiger partial charge in [-0.3, -0.25) is 9.10 Å². The van der Waals surface area contributed by atoms with E-state index in [1.807, 2.05) is 0 Å². The van der Waals surface area contributed by atoms with Gasteiger partial charge in [0.15, 0.2) is 0 Å². The summed E-state index contributed by atoms with van der Waals surface area (Å²) in [5, 5.41) is 2.82. The first-order valence-electron chi connectivity index (χ1n) is 7.75. The van der Waals surface area contributed by atoms with E-state index in [1.54, 1.807) is 0 Å². The van der Waals surface area contributed by atoms with Gasteiger partial charge < -0.3 is 5.32 Å². The fourth-order valence-corrected chi connectivity index (χ4v) is 3.73. The van der Waals surface area contributed by atoms with Crippen LogP contribution in [-0.4, -0.2) is 27.1 Å². The smallest absolute Gasteiger partial charge is 0.232 e. The van der Waals surface area contributed by atoms with E-state index in [-0.39, 0.29) is 35.8 Å². The van der Waals surface area contributed by atoms with Crippen LogP contribution in [0.3, 0.4) is 0 Å². The van der Waals surface area contributed by atoms with Crippen molar-refractivity contribution in [2.45, 2.75) is 12.8 Å². The SMILES string of the molecule is CS(=O)(=O)N(CCCC(=O)Nc1ccc(F)cc1F)c1cc(Cl)ccc1Cl. The average molecular weight is 437 g/mol. The molecule has 0 fully saturated rings. The summed E-state index contributed by atoms with van der Waals surface area (Å²) in [7, 11) is -3.67. The summed E-state index contributed by atoms with van der Waals surface area (Å²) in [6.45, 7) is -0.0295. The van der Waals surface area contributed by atoms with Crippen molar-refractivity contribution in [3.05, 3.63) is 58.1 Å². The standard InChI is InChI=1S/C17H16Cl2F2N2O3S/c1-27(25,26)23(16-9-11(18)4-6-13(16)19)8-2-3-17(24)22-15-7-5-12(20)10-14(15)21/h4-7,9-10H,2-3,8H2,1H3,(H,22,24). The topological polar surface area (TPSA) is 66.5 Å². The minimum atomic E-state index is -3.67. The first-order chi connectivity index (χ1) is 12.6. The molecule has 146 valence electrons. The lowest BCUT2D eigenvalue weighted by Crippen LogP contribution is -2.31. The number of sulfonamides is 1. The Morgan fingerprint density at radius 3 is 2.48 bits per heavy atom. The van der Waals surface area contributed by atoms with Crippen molar-refractivity contribution in [2.75, 3.05) is 22.4 Å². The van der Waals surface area contributed by atoms with E-state index in [0.29, 0.717) is 11.1 Å². The zero-order valence-corrected chi connectivity index (χ0v) is 16.5. The Kier molecular flexibility index (Phi) is 7.02. The molecule has 27 heavy (non-hydrogen) atoms. The number of carbonyl (C=O) groups excluding carboxylic acids is 1. The zero-order valence-electron chi connectivity index (χ0n) is 14.2. The molecule has 0 spiro atoms. The number of carbonyl (C=O) groups is 1. The molecule has 0 saturated carbocycles. The molecule has 0 atom stereocenters. The molecule has 0 aliphatic carbocycles. The monoisotopic (exact) mass is 436 g/mol. The molecule has 0 heterocycles. The molecular weight excluding hydrogens is 421 g/mol. The second kappa shape index (κ2) is 8.86. The third-order valence-corrected chi connectivity index (χ3v) is 5.28. The first-order valence-corrected chi connectivity index (χ1v) is 10.4. The fourth-order valence-electron chi connectivity index (χ4n) is 2.33. The lowest BCUT2D eigenvalue weighted by Gasteiger charge is -2.23. The van der Waals surface area contributed by atoms with Crippen molar-refractivity contribution in [3.63, 3.8) is 0 Å². The van der Waals surface area contributed by atoms with Crippen molar-refractivity contribution in [1.82, 2.24) is 0 Å². The summed E-state index contributed by atoms with van der Waals surface area (Å²) in [5.74, 6) is -2.19. The molecule has 0 radical (unpaired) electrons. The summed E-state index contributed by atoms with van der Waals surface area (Å²) >= 11 is 12.0. The van der Waals surface area contributed by atoms with Crippen molar-refractivity contribution in [1.29, 1.82) is 0 Å². The summed E-state index contributed by atoms with van der Waals surface area (Å²) < 4.78 is 51.6. The highest BCUT2D eigenvalue weighted by Crippen LogP contribution is 2.30. The Morgan fingerprint density at radius 2 is 1.85 bits per heavy atom. The normalized spacial score (nSPS) is 11.3. The molecule has 0 aromatic heterocycles. The highest BCUT2D eigenvalue weighted by molar-refractivity contribution is 7.92. The summed E-state index contributed by atoms with van der Waals surface area (Å²) in [6, 6.07) is 7.20. The highest BCUT2D eigenvalue weighted by atomic mass is 35.5. The number of halogens is 4. The van der Waals surface area contributed by atoms with Crippen LogP contribution >= 0.6 is 23.2 Å². The van der Waals surface area contributed by atoms with E-state index in [4.69, 9.17) is 23.2 Å².